The normalized spacial score (nSPS) is 50.2. The highest BCUT2D eigenvalue weighted by atomic mass is 16.5. The van der Waals surface area contributed by atoms with E-state index < -0.39 is 0 Å². The summed E-state index contributed by atoms with van der Waals surface area (Å²) in [4.78, 5) is 23.3. The number of hydrogen-bond donors (Lipinski definition) is 0. The number of piperidine rings is 3. The standard InChI is InChI=1S/C41H47N3O2/c1-4-25-22-43-19-16-38-23-44-34-29(39-17-20-42-18-8-13-37(36(39)42)14-15-40(39,44)24(37)2)11-7-12-30(34)41(38)31(43)21-27(25)32(35(45)46-3)33(41)26-9-5-6-10-28(26)38/h4-7,9-12,24,27,31-33,36H,8,13-23H2,1-3H3/b25-4-/t24-,27+,31-,32+,33?,36-,37-,38-,39+,40-,41-/m0/s1. The van der Waals surface area contributed by atoms with Crippen LogP contribution in [-0.2, 0) is 25.8 Å². The second-order valence-electron chi connectivity index (χ2n) is 17.4. The lowest BCUT2D eigenvalue weighted by Gasteiger charge is -2.70. The van der Waals surface area contributed by atoms with Crippen LogP contribution in [0, 0.1) is 23.2 Å². The number of carbonyl (C=O) groups excluding carboxylic acids is 1. The summed E-state index contributed by atoms with van der Waals surface area (Å²) in [5, 5.41) is 0. The average molecular weight is 614 g/mol. The molecule has 5 nitrogen and oxygen atoms in total. The van der Waals surface area contributed by atoms with Gasteiger partial charge in [0.1, 0.15) is 0 Å². The largest absolute Gasteiger partial charge is 0.469 e. The first-order valence-corrected chi connectivity index (χ1v) is 18.7. The maximum Gasteiger partial charge on any atom is 0.309 e. The molecule has 0 amide bonds. The molecule has 4 spiro atoms. The Kier molecular flexibility index (Phi) is 4.47. The fraction of sp³-hybridized carbons (Fsp3) is 0.634. The first-order chi connectivity index (χ1) is 22.5. The average Bonchev–Trinajstić information content (AvgIpc) is 3.82. The minimum atomic E-state index is -0.145. The van der Waals surface area contributed by atoms with Crippen molar-refractivity contribution in [3.05, 3.63) is 76.4 Å². The Morgan fingerprint density at radius 2 is 1.76 bits per heavy atom. The summed E-state index contributed by atoms with van der Waals surface area (Å²) in [6.45, 7) is 10.7. The molecule has 10 aliphatic rings. The van der Waals surface area contributed by atoms with Crippen LogP contribution in [0.25, 0.3) is 0 Å². The maximum atomic E-state index is 14.3. The van der Waals surface area contributed by atoms with Crippen molar-refractivity contribution in [3.8, 4) is 0 Å². The van der Waals surface area contributed by atoms with Crippen molar-refractivity contribution in [1.82, 2.24) is 9.80 Å². The third-order valence-corrected chi connectivity index (χ3v) is 17.6. The summed E-state index contributed by atoms with van der Waals surface area (Å²) in [7, 11) is 1.64. The highest BCUT2D eigenvalue weighted by Crippen LogP contribution is 2.84. The Bertz CT molecular complexity index is 1820. The molecule has 0 aromatic heterocycles. The summed E-state index contributed by atoms with van der Waals surface area (Å²) in [6, 6.07) is 18.3. The number of hydrogen-bond acceptors (Lipinski definition) is 5. The first kappa shape index (κ1) is 26.3. The van der Waals surface area contributed by atoms with Gasteiger partial charge in [0.2, 0.25) is 0 Å². The number of carbonyl (C=O) groups is 1. The number of nitrogens with zero attached hydrogens (tertiary/aromatic N) is 3. The van der Waals surface area contributed by atoms with Crippen molar-refractivity contribution >= 4 is 11.7 Å². The monoisotopic (exact) mass is 613 g/mol. The van der Waals surface area contributed by atoms with Crippen LogP contribution in [0.4, 0.5) is 5.69 Å². The molecular weight excluding hydrogens is 566 g/mol. The molecule has 7 fully saturated rings. The van der Waals surface area contributed by atoms with E-state index in [-0.39, 0.29) is 45.5 Å². The van der Waals surface area contributed by atoms with E-state index in [1.165, 1.54) is 62.8 Å². The second kappa shape index (κ2) is 7.81. The SMILES string of the molecule is C/C=C1/CN2CC[C@@]34CN5c6c(cccc6[C@]36C(c3ccccc34)[C@H](C(=O)OC)[C@@H]1C[C@H]26)[C@@]12CCN3CCC[C@@]4(CC[C@@]51[C@H]4C)[C@H]32. The number of esters is 1. The number of benzene rings is 2. The van der Waals surface area contributed by atoms with Crippen LogP contribution in [0.1, 0.15) is 87.0 Å². The Morgan fingerprint density at radius 1 is 0.935 bits per heavy atom. The molecular formula is C41H47N3O2. The van der Waals surface area contributed by atoms with E-state index in [1.54, 1.807) is 29.5 Å². The number of anilines is 1. The van der Waals surface area contributed by atoms with Crippen LogP contribution >= 0.6 is 0 Å². The molecule has 4 bridgehead atoms. The summed E-state index contributed by atoms with van der Waals surface area (Å²) in [5.74, 6) is 0.963. The van der Waals surface area contributed by atoms with Crippen molar-refractivity contribution in [1.29, 1.82) is 0 Å². The van der Waals surface area contributed by atoms with E-state index >= 15 is 0 Å². The van der Waals surface area contributed by atoms with Gasteiger partial charge in [0, 0.05) is 53.0 Å². The van der Waals surface area contributed by atoms with E-state index in [1.807, 2.05) is 0 Å². The number of methoxy groups -OCH3 is 1. The zero-order valence-electron chi connectivity index (χ0n) is 27.7. The molecule has 2 aromatic carbocycles. The number of fused-ring (bicyclic) bond motifs is 3. The lowest BCUT2D eigenvalue weighted by Crippen LogP contribution is -2.76. The van der Waals surface area contributed by atoms with Crippen molar-refractivity contribution in [2.45, 2.75) is 98.6 Å². The smallest absolute Gasteiger partial charge is 0.309 e. The molecule has 2 aromatic rings. The number of rotatable bonds is 1. The number of para-hydroxylation sites is 1. The van der Waals surface area contributed by atoms with E-state index in [9.17, 15) is 4.79 Å². The maximum absolute atomic E-state index is 14.3. The van der Waals surface area contributed by atoms with Crippen molar-refractivity contribution in [2.24, 2.45) is 23.2 Å². The third-order valence-electron chi connectivity index (χ3n) is 17.6. The van der Waals surface area contributed by atoms with Gasteiger partial charge in [-0.15, -0.1) is 0 Å². The molecule has 4 saturated heterocycles. The van der Waals surface area contributed by atoms with Gasteiger partial charge in [0.15, 0.2) is 0 Å². The van der Waals surface area contributed by atoms with Crippen molar-refractivity contribution < 1.29 is 9.53 Å². The van der Waals surface area contributed by atoms with E-state index in [4.69, 9.17) is 4.74 Å². The number of allylic oxidation sites excluding steroid dienone is 1. The van der Waals surface area contributed by atoms with Crippen LogP contribution in [0.5, 0.6) is 0 Å². The van der Waals surface area contributed by atoms with Crippen LogP contribution < -0.4 is 4.90 Å². The molecule has 4 aliphatic carbocycles. The lowest BCUT2D eigenvalue weighted by atomic mass is 9.41. The quantitative estimate of drug-likeness (QED) is 0.295. The molecule has 0 radical (unpaired) electrons. The highest BCUT2D eigenvalue weighted by molar-refractivity contribution is 5.84. The van der Waals surface area contributed by atoms with Gasteiger partial charge >= 0.3 is 5.97 Å². The van der Waals surface area contributed by atoms with Crippen LogP contribution in [0.3, 0.4) is 0 Å². The van der Waals surface area contributed by atoms with Gasteiger partial charge in [0.05, 0.1) is 18.6 Å². The summed E-state index contributed by atoms with van der Waals surface area (Å²) >= 11 is 0. The molecule has 3 saturated carbocycles. The molecule has 11 atom stereocenters. The van der Waals surface area contributed by atoms with E-state index in [2.05, 4.69) is 77.1 Å². The van der Waals surface area contributed by atoms with Gasteiger partial charge in [-0.3, -0.25) is 14.6 Å². The first-order valence-electron chi connectivity index (χ1n) is 18.7. The number of ether oxygens (including phenoxy) is 1. The van der Waals surface area contributed by atoms with Crippen LogP contribution in [-0.4, -0.2) is 73.2 Å². The molecule has 238 valence electrons. The third kappa shape index (κ3) is 2.19. The van der Waals surface area contributed by atoms with Crippen LogP contribution in [0.2, 0.25) is 0 Å². The van der Waals surface area contributed by atoms with Gasteiger partial charge < -0.3 is 9.64 Å². The molecule has 6 aliphatic heterocycles. The van der Waals surface area contributed by atoms with Gasteiger partial charge in [-0.1, -0.05) is 61.0 Å². The van der Waals surface area contributed by atoms with E-state index in [0.717, 1.165) is 26.1 Å². The summed E-state index contributed by atoms with van der Waals surface area (Å²) in [6.07, 6.45) is 11.5. The molecule has 6 heterocycles. The predicted octanol–water partition coefficient (Wildman–Crippen LogP) is 5.91. The fourth-order valence-corrected chi connectivity index (χ4v) is 16.8. The summed E-state index contributed by atoms with van der Waals surface area (Å²) < 4.78 is 5.81. The molecule has 0 N–H and O–H groups in total. The Balaban J connectivity index is 1.20. The Labute approximate surface area is 273 Å². The lowest BCUT2D eigenvalue weighted by molar-refractivity contribution is -0.157. The molecule has 12 rings (SSSR count). The minimum Gasteiger partial charge on any atom is -0.469 e. The summed E-state index contributed by atoms with van der Waals surface area (Å²) in [5.41, 5.74) is 10.2. The second-order valence-corrected chi connectivity index (χ2v) is 17.4. The van der Waals surface area contributed by atoms with Gasteiger partial charge in [-0.25, -0.2) is 0 Å². The Hall–Kier alpha value is -2.63. The zero-order valence-corrected chi connectivity index (χ0v) is 27.7. The van der Waals surface area contributed by atoms with Gasteiger partial charge in [0.25, 0.3) is 0 Å². The van der Waals surface area contributed by atoms with Crippen molar-refractivity contribution in [2.75, 3.05) is 44.7 Å². The van der Waals surface area contributed by atoms with E-state index in [0.29, 0.717) is 23.4 Å². The Morgan fingerprint density at radius 3 is 2.63 bits per heavy atom. The molecule has 1 unspecified atom stereocenters. The highest BCUT2D eigenvalue weighted by Gasteiger charge is 2.87. The topological polar surface area (TPSA) is 36.0 Å². The predicted molar refractivity (Wildman–Crippen MR) is 178 cm³/mol. The van der Waals surface area contributed by atoms with Gasteiger partial charge in [-0.2, -0.15) is 0 Å². The zero-order chi connectivity index (χ0) is 30.6. The molecule has 46 heavy (non-hydrogen) atoms. The fourth-order valence-electron chi connectivity index (χ4n) is 16.8. The minimum absolute atomic E-state index is 0.00642. The van der Waals surface area contributed by atoms with Crippen molar-refractivity contribution in [3.63, 3.8) is 0 Å². The van der Waals surface area contributed by atoms with Gasteiger partial charge in [-0.05, 0) is 111 Å². The molecule has 5 heteroatoms. The van der Waals surface area contributed by atoms with Crippen LogP contribution in [0.15, 0.2) is 54.1 Å².